The molecule has 0 bridgehead atoms. The van der Waals surface area contributed by atoms with Crippen molar-refractivity contribution in [3.63, 3.8) is 0 Å². The van der Waals surface area contributed by atoms with Gasteiger partial charge in [-0.2, -0.15) is 0 Å². The number of aliphatic hydroxyl groups is 1. The molecule has 0 aliphatic heterocycles. The molecule has 1 aromatic carbocycles. The first-order chi connectivity index (χ1) is 7.13. The zero-order valence-corrected chi connectivity index (χ0v) is 7.96. The molecule has 0 heterocycles. The third kappa shape index (κ3) is 3.63. The highest BCUT2D eigenvalue weighted by Gasteiger charge is 2.05. The Morgan fingerprint density at radius 1 is 1.40 bits per heavy atom. The number of benzene rings is 1. The fourth-order valence-corrected chi connectivity index (χ4v) is 1.06. The smallest absolute Gasteiger partial charge is 0.222 e. The second-order valence-corrected chi connectivity index (χ2v) is 2.99. The summed E-state index contributed by atoms with van der Waals surface area (Å²) in [6, 6.07) is 3.03. The molecule has 0 aliphatic carbocycles. The van der Waals surface area contributed by atoms with E-state index in [1.807, 2.05) is 0 Å². The molecule has 1 aromatic rings. The van der Waals surface area contributed by atoms with Crippen molar-refractivity contribution in [2.45, 2.75) is 13.0 Å². The molecule has 15 heavy (non-hydrogen) atoms. The third-order valence-corrected chi connectivity index (χ3v) is 1.82. The van der Waals surface area contributed by atoms with Gasteiger partial charge in [-0.05, 0) is 18.2 Å². The topological polar surface area (TPSA) is 49.3 Å². The van der Waals surface area contributed by atoms with Crippen molar-refractivity contribution in [1.29, 1.82) is 0 Å². The highest BCUT2D eigenvalue weighted by Crippen LogP contribution is 2.09. The fraction of sp³-hybridized carbons (Fsp3) is 0.300. The predicted molar refractivity (Wildman–Crippen MR) is 49.9 cm³/mol. The lowest BCUT2D eigenvalue weighted by Gasteiger charge is -2.05. The molecular formula is C10H11F2NO2. The molecule has 3 nitrogen and oxygen atoms in total. The number of carbonyl (C=O) groups is 1. The molecule has 2 N–H and O–H groups in total. The van der Waals surface area contributed by atoms with E-state index in [1.54, 1.807) is 0 Å². The Kier molecular flexibility index (Phi) is 4.17. The number of halogens is 2. The van der Waals surface area contributed by atoms with Gasteiger partial charge in [0.05, 0.1) is 6.61 Å². The molecule has 0 radical (unpaired) electrons. The molecule has 1 rings (SSSR count). The maximum Gasteiger partial charge on any atom is 0.222 e. The summed E-state index contributed by atoms with van der Waals surface area (Å²) >= 11 is 0. The molecule has 0 saturated heterocycles. The lowest BCUT2D eigenvalue weighted by molar-refractivity contribution is -0.121. The number of nitrogens with one attached hydrogen (secondary N) is 1. The van der Waals surface area contributed by atoms with Crippen molar-refractivity contribution in [2.75, 3.05) is 6.61 Å². The van der Waals surface area contributed by atoms with Gasteiger partial charge in [0.1, 0.15) is 11.6 Å². The average molecular weight is 215 g/mol. The number of aliphatic hydroxyl groups excluding tert-OH is 1. The summed E-state index contributed by atoms with van der Waals surface area (Å²) in [7, 11) is 0. The summed E-state index contributed by atoms with van der Waals surface area (Å²) in [5, 5.41) is 10.8. The molecule has 0 unspecified atom stereocenters. The van der Waals surface area contributed by atoms with Crippen LogP contribution in [0.5, 0.6) is 0 Å². The maximum absolute atomic E-state index is 13.0. The standard InChI is InChI=1S/C10H11F2NO2/c11-8-1-2-9(12)7(5-8)6-13-10(15)3-4-14/h1-2,5,14H,3-4,6H2,(H,13,15). The fourth-order valence-electron chi connectivity index (χ4n) is 1.06. The molecule has 5 heteroatoms. The predicted octanol–water partition coefficient (Wildman–Crippen LogP) is 0.963. The molecule has 0 spiro atoms. The number of carbonyl (C=O) groups excluding carboxylic acids is 1. The molecule has 0 fully saturated rings. The van der Waals surface area contributed by atoms with Crippen molar-refractivity contribution >= 4 is 5.91 Å². The van der Waals surface area contributed by atoms with Crippen LogP contribution in [0, 0.1) is 11.6 Å². The Hall–Kier alpha value is -1.49. The van der Waals surface area contributed by atoms with Crippen LogP contribution < -0.4 is 5.32 Å². The van der Waals surface area contributed by atoms with Crippen LogP contribution in [0.4, 0.5) is 8.78 Å². The van der Waals surface area contributed by atoms with Crippen molar-refractivity contribution in [1.82, 2.24) is 5.32 Å². The van der Waals surface area contributed by atoms with Gasteiger partial charge >= 0.3 is 0 Å². The van der Waals surface area contributed by atoms with Crippen LogP contribution in [0.25, 0.3) is 0 Å². The number of amides is 1. The molecule has 0 atom stereocenters. The Bertz CT molecular complexity index is 355. The van der Waals surface area contributed by atoms with Crippen LogP contribution >= 0.6 is 0 Å². The molecule has 1 amide bonds. The first-order valence-electron chi connectivity index (χ1n) is 4.45. The maximum atomic E-state index is 13.0. The van der Waals surface area contributed by atoms with E-state index in [0.717, 1.165) is 18.2 Å². The van der Waals surface area contributed by atoms with Gasteiger partial charge < -0.3 is 10.4 Å². The van der Waals surface area contributed by atoms with Gasteiger partial charge in [0.25, 0.3) is 0 Å². The summed E-state index contributed by atoms with van der Waals surface area (Å²) in [6.45, 7) is -0.347. The number of hydrogen-bond acceptors (Lipinski definition) is 2. The first-order valence-corrected chi connectivity index (χ1v) is 4.45. The Morgan fingerprint density at radius 2 is 2.13 bits per heavy atom. The van der Waals surface area contributed by atoms with Crippen LogP contribution in [-0.2, 0) is 11.3 Å². The minimum Gasteiger partial charge on any atom is -0.396 e. The van der Waals surface area contributed by atoms with Gasteiger partial charge in [0.15, 0.2) is 0 Å². The second-order valence-electron chi connectivity index (χ2n) is 2.99. The van der Waals surface area contributed by atoms with Crippen LogP contribution in [0.1, 0.15) is 12.0 Å². The number of rotatable bonds is 4. The summed E-state index contributed by atoms with van der Waals surface area (Å²) in [6.07, 6.45) is -0.0447. The van der Waals surface area contributed by atoms with E-state index in [4.69, 9.17) is 5.11 Å². The zero-order chi connectivity index (χ0) is 11.3. The first kappa shape index (κ1) is 11.6. The largest absolute Gasteiger partial charge is 0.396 e. The van der Waals surface area contributed by atoms with Crippen LogP contribution in [0.15, 0.2) is 18.2 Å². The molecule has 0 aromatic heterocycles. The van der Waals surface area contributed by atoms with E-state index >= 15 is 0 Å². The molecule has 82 valence electrons. The van der Waals surface area contributed by atoms with E-state index in [-0.39, 0.29) is 25.1 Å². The van der Waals surface area contributed by atoms with Crippen LogP contribution in [0.3, 0.4) is 0 Å². The Balaban J connectivity index is 2.57. The minimum atomic E-state index is -0.569. The molecule has 0 saturated carbocycles. The van der Waals surface area contributed by atoms with E-state index in [9.17, 15) is 13.6 Å². The van der Waals surface area contributed by atoms with Gasteiger partial charge in [-0.25, -0.2) is 8.78 Å². The summed E-state index contributed by atoms with van der Waals surface area (Å²) in [5.74, 6) is -1.52. The SMILES string of the molecule is O=C(CCO)NCc1cc(F)ccc1F. The van der Waals surface area contributed by atoms with Crippen molar-refractivity contribution in [2.24, 2.45) is 0 Å². The van der Waals surface area contributed by atoms with E-state index in [0.29, 0.717) is 0 Å². The van der Waals surface area contributed by atoms with Crippen LogP contribution in [-0.4, -0.2) is 17.6 Å². The lowest BCUT2D eigenvalue weighted by atomic mass is 10.2. The van der Waals surface area contributed by atoms with Crippen molar-refractivity contribution < 1.29 is 18.7 Å². The lowest BCUT2D eigenvalue weighted by Crippen LogP contribution is -2.23. The van der Waals surface area contributed by atoms with E-state index < -0.39 is 17.5 Å². The normalized spacial score (nSPS) is 10.1. The third-order valence-electron chi connectivity index (χ3n) is 1.82. The van der Waals surface area contributed by atoms with Crippen molar-refractivity contribution in [3.8, 4) is 0 Å². The highest BCUT2D eigenvalue weighted by molar-refractivity contribution is 5.75. The zero-order valence-electron chi connectivity index (χ0n) is 7.96. The number of hydrogen-bond donors (Lipinski definition) is 2. The molecule has 0 aliphatic rings. The van der Waals surface area contributed by atoms with Gasteiger partial charge in [0.2, 0.25) is 5.91 Å². The van der Waals surface area contributed by atoms with E-state index in [1.165, 1.54) is 0 Å². The second kappa shape index (κ2) is 5.41. The highest BCUT2D eigenvalue weighted by atomic mass is 19.1. The van der Waals surface area contributed by atoms with Gasteiger partial charge in [0, 0.05) is 18.5 Å². The summed E-state index contributed by atoms with van der Waals surface area (Å²) in [4.78, 5) is 10.9. The van der Waals surface area contributed by atoms with Gasteiger partial charge in [-0.15, -0.1) is 0 Å². The monoisotopic (exact) mass is 215 g/mol. The Labute approximate surface area is 85.7 Å². The average Bonchev–Trinajstić information content (AvgIpc) is 2.20. The van der Waals surface area contributed by atoms with Gasteiger partial charge in [-0.1, -0.05) is 0 Å². The van der Waals surface area contributed by atoms with Gasteiger partial charge in [-0.3, -0.25) is 4.79 Å². The quantitative estimate of drug-likeness (QED) is 0.786. The summed E-state index contributed by atoms with van der Waals surface area (Å²) < 4.78 is 25.7. The summed E-state index contributed by atoms with van der Waals surface area (Å²) in [5.41, 5.74) is 0.0845. The van der Waals surface area contributed by atoms with E-state index in [2.05, 4.69) is 5.32 Å². The minimum absolute atomic E-state index is 0.0447. The van der Waals surface area contributed by atoms with Crippen molar-refractivity contribution in [3.05, 3.63) is 35.4 Å². The Morgan fingerprint density at radius 3 is 2.80 bits per heavy atom. The molecular weight excluding hydrogens is 204 g/mol. The van der Waals surface area contributed by atoms with Crippen LogP contribution in [0.2, 0.25) is 0 Å².